The van der Waals surface area contributed by atoms with E-state index >= 15 is 0 Å². The van der Waals surface area contributed by atoms with Gasteiger partial charge in [0.1, 0.15) is 0 Å². The van der Waals surface area contributed by atoms with Crippen molar-refractivity contribution in [2.45, 2.75) is 156 Å². The zero-order valence-corrected chi connectivity index (χ0v) is 44.4. The van der Waals surface area contributed by atoms with E-state index in [0.717, 1.165) is 0 Å². The van der Waals surface area contributed by atoms with Crippen LogP contribution < -0.4 is 0 Å². The Balaban J connectivity index is 0.888. The van der Waals surface area contributed by atoms with E-state index in [9.17, 15) is 0 Å². The van der Waals surface area contributed by atoms with Crippen LogP contribution in [0.25, 0.3) is 12.2 Å². The average Bonchev–Trinajstić information content (AvgIpc) is 4.06. The Morgan fingerprint density at radius 3 is 0.860 bits per heavy atom. The summed E-state index contributed by atoms with van der Waals surface area (Å²) in [5.74, 6) is 0. The van der Waals surface area contributed by atoms with Crippen molar-refractivity contribution in [2.75, 3.05) is 0 Å². The van der Waals surface area contributed by atoms with Crippen molar-refractivity contribution in [2.24, 2.45) is 0 Å². The summed E-state index contributed by atoms with van der Waals surface area (Å²) in [4.78, 5) is 9.47. The second-order valence-corrected chi connectivity index (χ2v) is 31.1. The highest BCUT2D eigenvalue weighted by molar-refractivity contribution is 8.50. The van der Waals surface area contributed by atoms with Crippen LogP contribution in [-0.2, 0) is 0 Å². The molecule has 6 aliphatic heterocycles. The lowest BCUT2D eigenvalue weighted by atomic mass is 10.1. The summed E-state index contributed by atoms with van der Waals surface area (Å²) < 4.78 is 15.0. The Labute approximate surface area is 400 Å². The molecule has 6 aliphatic rings. The SMILES string of the molecule is CCCCCCC1=C(CCCCCC)SC(=C2SC3=C(SC(=Cc4ccc(C=C5SC6=C(S5)SC(=C5SC(CCCCCC)=C(CCCCCC)S5)S6)s4)S3)S2)S1. The van der Waals surface area contributed by atoms with Gasteiger partial charge in [0.05, 0.1) is 42.4 Å². The minimum absolute atomic E-state index is 1.28. The maximum absolute atomic E-state index is 2.43. The third-order valence-electron chi connectivity index (χ3n) is 9.86. The molecule has 7 heterocycles. The van der Waals surface area contributed by atoms with Crippen molar-refractivity contribution in [1.29, 1.82) is 0 Å². The molecule has 57 heavy (non-hydrogen) atoms. The van der Waals surface area contributed by atoms with Gasteiger partial charge in [-0.3, -0.25) is 0 Å². The number of allylic oxidation sites excluding steroid dienone is 4. The van der Waals surface area contributed by atoms with Crippen LogP contribution in [0.5, 0.6) is 0 Å². The van der Waals surface area contributed by atoms with E-state index in [1.165, 1.54) is 172 Å². The van der Waals surface area contributed by atoms with Crippen LogP contribution in [0.1, 0.15) is 166 Å². The van der Waals surface area contributed by atoms with E-state index in [1.807, 2.05) is 105 Å². The van der Waals surface area contributed by atoms with Gasteiger partial charge in [0.2, 0.25) is 0 Å². The molecule has 0 N–H and O–H groups in total. The second-order valence-electron chi connectivity index (χ2n) is 14.6. The number of thiophene rings is 1. The lowest BCUT2D eigenvalue weighted by Crippen LogP contribution is -1.84. The van der Waals surface area contributed by atoms with Gasteiger partial charge < -0.3 is 0 Å². The standard InChI is InChI=1S/C44H56S13/c1-5-9-13-17-21-31-32(22-18-14-10-6-2)47-37(46-31)43-54-39-40(55-43)51-35(50-39)27-29-25-26-30(45-29)28-36-52-41-42(53-36)57-44(56-41)38-48-33(23-19-15-11-7-3)34(49-38)24-20-16-12-8-4/h25-28H,5-24H2,1-4H3. The lowest BCUT2D eigenvalue weighted by Gasteiger charge is -2.06. The summed E-state index contributed by atoms with van der Waals surface area (Å²) in [5.41, 5.74) is 0. The van der Waals surface area contributed by atoms with E-state index < -0.39 is 0 Å². The number of unbranched alkanes of at least 4 members (excludes halogenated alkanes) is 12. The molecule has 0 fully saturated rings. The summed E-state index contributed by atoms with van der Waals surface area (Å²) >= 11 is 26.5. The molecule has 0 radical (unpaired) electrons. The smallest absolute Gasteiger partial charge is 0.0717 e. The van der Waals surface area contributed by atoms with Crippen molar-refractivity contribution in [3.05, 3.63) is 83.9 Å². The van der Waals surface area contributed by atoms with Crippen molar-refractivity contribution in [3.8, 4) is 0 Å². The maximum atomic E-state index is 2.43. The first kappa shape index (κ1) is 46.8. The molecule has 0 saturated heterocycles. The molecular weight excluding hydrogens is 945 g/mol. The minimum atomic E-state index is 1.28. The number of rotatable bonds is 22. The fourth-order valence-corrected chi connectivity index (χ4v) is 26.9. The normalized spacial score (nSPS) is 19.6. The number of hydrogen-bond acceptors (Lipinski definition) is 13. The highest BCUT2D eigenvalue weighted by Gasteiger charge is 2.36. The van der Waals surface area contributed by atoms with Gasteiger partial charge in [-0.2, -0.15) is 0 Å². The van der Waals surface area contributed by atoms with Gasteiger partial charge in [-0.1, -0.05) is 246 Å². The molecule has 0 saturated carbocycles. The van der Waals surface area contributed by atoms with E-state index in [-0.39, 0.29) is 0 Å². The van der Waals surface area contributed by atoms with Gasteiger partial charge in [0.25, 0.3) is 0 Å². The van der Waals surface area contributed by atoms with Crippen LogP contribution in [0, 0.1) is 0 Å². The lowest BCUT2D eigenvalue weighted by molar-refractivity contribution is 0.661. The van der Waals surface area contributed by atoms with E-state index in [0.29, 0.717) is 0 Å². The first-order chi connectivity index (χ1) is 28.0. The molecule has 310 valence electrons. The quantitative estimate of drug-likeness (QED) is 0.102. The van der Waals surface area contributed by atoms with Crippen molar-refractivity contribution in [1.82, 2.24) is 0 Å². The van der Waals surface area contributed by atoms with Crippen molar-refractivity contribution in [3.63, 3.8) is 0 Å². The largest absolute Gasteiger partial charge is 0.136 e. The topological polar surface area (TPSA) is 0 Å². The predicted molar refractivity (Wildman–Crippen MR) is 289 cm³/mol. The first-order valence-corrected chi connectivity index (χ1v) is 31.7. The maximum Gasteiger partial charge on any atom is 0.0717 e. The Hall–Kier alpha value is 1.82. The number of thioether (sulfide) groups is 12. The van der Waals surface area contributed by atoms with Gasteiger partial charge in [-0.15, -0.1) is 11.3 Å². The third kappa shape index (κ3) is 13.7. The fourth-order valence-electron chi connectivity index (χ4n) is 6.74. The molecule has 0 aliphatic carbocycles. The molecule has 1 aromatic heterocycles. The molecule has 0 spiro atoms. The molecule has 0 unspecified atom stereocenters. The Kier molecular flexibility index (Phi) is 20.3. The van der Waals surface area contributed by atoms with Gasteiger partial charge in [-0.05, 0) is 75.7 Å². The van der Waals surface area contributed by atoms with Gasteiger partial charge in [-0.25, -0.2) is 0 Å². The van der Waals surface area contributed by atoms with Crippen molar-refractivity contribution >= 4 is 165 Å². The average molecular weight is 1000 g/mol. The third-order valence-corrected chi connectivity index (χ3v) is 28.5. The van der Waals surface area contributed by atoms with E-state index in [4.69, 9.17) is 0 Å². The summed E-state index contributed by atoms with van der Waals surface area (Å²) in [6.45, 7) is 9.27. The van der Waals surface area contributed by atoms with Gasteiger partial charge >= 0.3 is 0 Å². The molecule has 0 amide bonds. The molecule has 13 heteroatoms. The first-order valence-electron chi connectivity index (χ1n) is 21.1. The molecule has 0 nitrogen and oxygen atoms in total. The zero-order valence-electron chi connectivity index (χ0n) is 33.8. The fraction of sp³-hybridized carbons (Fsp3) is 0.545. The minimum Gasteiger partial charge on any atom is -0.136 e. The molecular formula is C44H56S13. The van der Waals surface area contributed by atoms with Crippen LogP contribution in [-0.4, -0.2) is 0 Å². The molecule has 0 bridgehead atoms. The van der Waals surface area contributed by atoms with Crippen LogP contribution in [0.15, 0.2) is 74.1 Å². The highest BCUT2D eigenvalue weighted by atomic mass is 32.3. The molecule has 0 aromatic carbocycles. The summed E-state index contributed by atoms with van der Waals surface area (Å²) in [6, 6.07) is 4.64. The summed E-state index contributed by atoms with van der Waals surface area (Å²) in [6.07, 6.45) is 31.6. The predicted octanol–water partition coefficient (Wildman–Crippen LogP) is 22.0. The van der Waals surface area contributed by atoms with Crippen LogP contribution in [0.2, 0.25) is 0 Å². The second kappa shape index (κ2) is 24.8. The summed E-state index contributed by atoms with van der Waals surface area (Å²) in [5, 5.41) is 0. The molecule has 0 atom stereocenters. The van der Waals surface area contributed by atoms with Gasteiger partial charge in [0.15, 0.2) is 0 Å². The van der Waals surface area contributed by atoms with Crippen LogP contribution in [0.3, 0.4) is 0 Å². The number of hydrogen-bond donors (Lipinski definition) is 0. The Bertz CT molecular complexity index is 1620. The van der Waals surface area contributed by atoms with Crippen LogP contribution in [0.4, 0.5) is 0 Å². The molecule has 7 rings (SSSR count). The van der Waals surface area contributed by atoms with E-state index in [2.05, 4.69) is 99.0 Å². The molecule has 1 aromatic rings. The summed E-state index contributed by atoms with van der Waals surface area (Å²) in [7, 11) is 0. The van der Waals surface area contributed by atoms with E-state index in [1.54, 1.807) is 28.1 Å². The Morgan fingerprint density at radius 1 is 0.316 bits per heavy atom. The highest BCUT2D eigenvalue weighted by Crippen LogP contribution is 2.71. The zero-order chi connectivity index (χ0) is 39.4. The Morgan fingerprint density at radius 2 is 0.579 bits per heavy atom. The monoisotopic (exact) mass is 1000 g/mol. The van der Waals surface area contributed by atoms with Crippen molar-refractivity contribution < 1.29 is 0 Å². The van der Waals surface area contributed by atoms with Crippen LogP contribution >= 0.6 is 152 Å². The van der Waals surface area contributed by atoms with Gasteiger partial charge in [0, 0.05) is 29.4 Å².